The summed E-state index contributed by atoms with van der Waals surface area (Å²) in [5, 5.41) is 0.651. The topological polar surface area (TPSA) is 60.9 Å². The van der Waals surface area contributed by atoms with Crippen molar-refractivity contribution in [2.24, 2.45) is 5.73 Å². The average Bonchev–Trinajstić information content (AvgIpc) is 2.48. The van der Waals surface area contributed by atoms with Crippen LogP contribution >= 0.6 is 0 Å². The molecule has 0 atom stereocenters. The van der Waals surface area contributed by atoms with Crippen LogP contribution in [0.3, 0.4) is 0 Å². The molecule has 0 saturated carbocycles. The normalized spacial score (nSPS) is 11.0. The van der Waals surface area contributed by atoms with Gasteiger partial charge in [-0.2, -0.15) is 0 Å². The Balaban J connectivity index is 2.48. The van der Waals surface area contributed by atoms with Crippen molar-refractivity contribution in [3.63, 3.8) is 0 Å². The van der Waals surface area contributed by atoms with Gasteiger partial charge in [-0.15, -0.1) is 0 Å². The molecule has 0 spiro atoms. The van der Waals surface area contributed by atoms with Gasteiger partial charge in [-0.3, -0.25) is 9.36 Å². The highest BCUT2D eigenvalue weighted by Gasteiger charge is 2.14. The van der Waals surface area contributed by atoms with Crippen LogP contribution in [0.25, 0.3) is 16.6 Å². The Hall–Kier alpha value is -2.46. The summed E-state index contributed by atoms with van der Waals surface area (Å²) >= 11 is 0. The number of aromatic nitrogens is 2. The first-order chi connectivity index (χ1) is 10.1. The van der Waals surface area contributed by atoms with Crippen LogP contribution in [0, 0.1) is 13.8 Å². The third kappa shape index (κ3) is 2.14. The van der Waals surface area contributed by atoms with Gasteiger partial charge in [0, 0.05) is 0 Å². The summed E-state index contributed by atoms with van der Waals surface area (Å²) in [5.74, 6) is 0.576. The first-order valence-electron chi connectivity index (χ1n) is 6.91. The molecule has 4 heteroatoms. The first kappa shape index (κ1) is 13.5. The average molecular weight is 279 g/mol. The standard InChI is InChI=1S/C17H17N3O/c1-11-6-3-4-9-14(11)20-15(10-18)19-13-8-5-7-12(2)16(13)17(20)21/h3-9H,10,18H2,1-2H3. The van der Waals surface area contributed by atoms with Crippen LogP contribution in [0.15, 0.2) is 47.3 Å². The Bertz CT molecular complexity index is 881. The predicted octanol–water partition coefficient (Wildman–Crippen LogP) is 2.46. The fourth-order valence-corrected chi connectivity index (χ4v) is 2.64. The lowest BCUT2D eigenvalue weighted by Crippen LogP contribution is -2.26. The van der Waals surface area contributed by atoms with E-state index in [1.54, 1.807) is 4.57 Å². The SMILES string of the molecule is Cc1ccccc1-n1c(CN)nc2cccc(C)c2c1=O. The summed E-state index contributed by atoms with van der Waals surface area (Å²) in [6.45, 7) is 4.12. The molecule has 0 radical (unpaired) electrons. The van der Waals surface area contributed by atoms with Gasteiger partial charge in [-0.1, -0.05) is 30.3 Å². The third-order valence-electron chi connectivity index (χ3n) is 3.71. The maximum absolute atomic E-state index is 12.9. The van der Waals surface area contributed by atoms with E-state index in [2.05, 4.69) is 4.98 Å². The monoisotopic (exact) mass is 279 g/mol. The first-order valence-corrected chi connectivity index (χ1v) is 6.91. The highest BCUT2D eigenvalue weighted by atomic mass is 16.1. The second kappa shape index (κ2) is 5.14. The van der Waals surface area contributed by atoms with E-state index >= 15 is 0 Å². The summed E-state index contributed by atoms with van der Waals surface area (Å²) in [6.07, 6.45) is 0. The summed E-state index contributed by atoms with van der Waals surface area (Å²) in [4.78, 5) is 17.5. The van der Waals surface area contributed by atoms with E-state index in [4.69, 9.17) is 5.73 Å². The zero-order valence-electron chi connectivity index (χ0n) is 12.1. The minimum absolute atomic E-state index is 0.0622. The van der Waals surface area contributed by atoms with E-state index in [0.29, 0.717) is 16.7 Å². The van der Waals surface area contributed by atoms with Gasteiger partial charge in [0.15, 0.2) is 0 Å². The molecule has 1 heterocycles. The van der Waals surface area contributed by atoms with Crippen LogP contribution < -0.4 is 11.3 Å². The van der Waals surface area contributed by atoms with Gasteiger partial charge < -0.3 is 5.73 Å². The van der Waals surface area contributed by atoms with Crippen LogP contribution in [0.2, 0.25) is 0 Å². The third-order valence-corrected chi connectivity index (χ3v) is 3.71. The molecule has 1 aromatic heterocycles. The lowest BCUT2D eigenvalue weighted by atomic mass is 10.1. The van der Waals surface area contributed by atoms with Crippen molar-refractivity contribution in [3.8, 4) is 5.69 Å². The van der Waals surface area contributed by atoms with Crippen molar-refractivity contribution in [2.75, 3.05) is 0 Å². The van der Waals surface area contributed by atoms with Gasteiger partial charge >= 0.3 is 0 Å². The Kier molecular flexibility index (Phi) is 3.31. The van der Waals surface area contributed by atoms with Gasteiger partial charge in [-0.05, 0) is 37.1 Å². The highest BCUT2D eigenvalue weighted by molar-refractivity contribution is 5.81. The minimum atomic E-state index is -0.0622. The van der Waals surface area contributed by atoms with Gasteiger partial charge in [0.05, 0.1) is 23.1 Å². The van der Waals surface area contributed by atoms with Crippen molar-refractivity contribution in [1.82, 2.24) is 9.55 Å². The number of benzene rings is 2. The maximum atomic E-state index is 12.9. The van der Waals surface area contributed by atoms with Gasteiger partial charge in [0.25, 0.3) is 5.56 Å². The van der Waals surface area contributed by atoms with Crippen LogP contribution in [-0.4, -0.2) is 9.55 Å². The van der Waals surface area contributed by atoms with Gasteiger partial charge in [-0.25, -0.2) is 4.98 Å². The van der Waals surface area contributed by atoms with Gasteiger partial charge in [0.2, 0.25) is 0 Å². The minimum Gasteiger partial charge on any atom is -0.324 e. The number of aryl methyl sites for hydroxylation is 2. The van der Waals surface area contributed by atoms with Crippen molar-refractivity contribution in [2.45, 2.75) is 20.4 Å². The maximum Gasteiger partial charge on any atom is 0.266 e. The summed E-state index contributed by atoms with van der Waals surface area (Å²) in [5.41, 5.74) is 9.23. The fourth-order valence-electron chi connectivity index (χ4n) is 2.64. The highest BCUT2D eigenvalue weighted by Crippen LogP contribution is 2.17. The molecule has 0 aliphatic rings. The summed E-state index contributed by atoms with van der Waals surface area (Å²) in [7, 11) is 0. The number of nitrogens with two attached hydrogens (primary N) is 1. The Morgan fingerprint density at radius 3 is 2.48 bits per heavy atom. The number of hydrogen-bond donors (Lipinski definition) is 1. The summed E-state index contributed by atoms with van der Waals surface area (Å²) < 4.78 is 1.63. The number of para-hydroxylation sites is 1. The molecule has 0 unspecified atom stereocenters. The van der Waals surface area contributed by atoms with E-state index in [1.165, 1.54) is 0 Å². The summed E-state index contributed by atoms with van der Waals surface area (Å²) in [6, 6.07) is 13.4. The second-order valence-corrected chi connectivity index (χ2v) is 5.13. The zero-order valence-corrected chi connectivity index (χ0v) is 12.1. The van der Waals surface area contributed by atoms with E-state index in [9.17, 15) is 4.79 Å². The molecule has 0 bridgehead atoms. The van der Waals surface area contributed by atoms with Crippen molar-refractivity contribution >= 4 is 10.9 Å². The van der Waals surface area contributed by atoms with Crippen molar-refractivity contribution in [1.29, 1.82) is 0 Å². The Morgan fingerprint density at radius 2 is 1.76 bits per heavy atom. The van der Waals surface area contributed by atoms with Crippen LogP contribution in [0.5, 0.6) is 0 Å². The number of fused-ring (bicyclic) bond motifs is 1. The molecule has 0 fully saturated rings. The molecular formula is C17H17N3O. The second-order valence-electron chi connectivity index (χ2n) is 5.13. The smallest absolute Gasteiger partial charge is 0.266 e. The molecule has 0 amide bonds. The van der Waals surface area contributed by atoms with Crippen molar-refractivity contribution in [3.05, 3.63) is 69.8 Å². The molecule has 21 heavy (non-hydrogen) atoms. The lowest BCUT2D eigenvalue weighted by Gasteiger charge is -2.15. The molecule has 3 aromatic rings. The molecule has 0 aliphatic heterocycles. The predicted molar refractivity (Wildman–Crippen MR) is 84.7 cm³/mol. The largest absolute Gasteiger partial charge is 0.324 e. The van der Waals surface area contributed by atoms with E-state index in [-0.39, 0.29) is 12.1 Å². The molecule has 4 nitrogen and oxygen atoms in total. The molecule has 106 valence electrons. The molecule has 0 aliphatic carbocycles. The zero-order chi connectivity index (χ0) is 15.0. The Labute approximate surface area is 122 Å². The molecule has 2 aromatic carbocycles. The van der Waals surface area contributed by atoms with Crippen LogP contribution in [0.1, 0.15) is 17.0 Å². The molecule has 0 saturated heterocycles. The lowest BCUT2D eigenvalue weighted by molar-refractivity contribution is 0.812. The van der Waals surface area contributed by atoms with E-state index in [0.717, 1.165) is 16.8 Å². The van der Waals surface area contributed by atoms with E-state index in [1.807, 2.05) is 56.3 Å². The fraction of sp³-hybridized carbons (Fsp3) is 0.176. The number of hydrogen-bond acceptors (Lipinski definition) is 3. The molecular weight excluding hydrogens is 262 g/mol. The molecule has 3 rings (SSSR count). The van der Waals surface area contributed by atoms with E-state index < -0.39 is 0 Å². The number of nitrogens with zero attached hydrogens (tertiary/aromatic N) is 2. The van der Waals surface area contributed by atoms with Crippen molar-refractivity contribution < 1.29 is 0 Å². The Morgan fingerprint density at radius 1 is 1.05 bits per heavy atom. The van der Waals surface area contributed by atoms with Gasteiger partial charge in [0.1, 0.15) is 5.82 Å². The van der Waals surface area contributed by atoms with Crippen LogP contribution in [0.4, 0.5) is 0 Å². The molecule has 2 N–H and O–H groups in total. The number of rotatable bonds is 2. The van der Waals surface area contributed by atoms with Crippen LogP contribution in [-0.2, 0) is 6.54 Å². The quantitative estimate of drug-likeness (QED) is 0.784.